The SMILES string of the molecule is CCc1nnc(COc2ccc(CN)cc2C(F)(F)F)o1. The molecule has 0 amide bonds. The van der Waals surface area contributed by atoms with Crippen LogP contribution in [0.25, 0.3) is 0 Å². The summed E-state index contributed by atoms with van der Waals surface area (Å²) in [5.74, 6) is 0.238. The first kappa shape index (κ1) is 15.3. The molecule has 2 aromatic rings. The summed E-state index contributed by atoms with van der Waals surface area (Å²) in [5, 5.41) is 7.39. The molecule has 1 aromatic heterocycles. The lowest BCUT2D eigenvalue weighted by Gasteiger charge is -2.14. The second-order valence-electron chi connectivity index (χ2n) is 4.26. The number of ether oxygens (including phenoxy) is 1. The van der Waals surface area contributed by atoms with Crippen LogP contribution in [0.3, 0.4) is 0 Å². The summed E-state index contributed by atoms with van der Waals surface area (Å²) < 4.78 is 49.3. The van der Waals surface area contributed by atoms with Gasteiger partial charge in [0.15, 0.2) is 6.61 Å². The summed E-state index contributed by atoms with van der Waals surface area (Å²) in [6.45, 7) is 1.62. The van der Waals surface area contributed by atoms with E-state index in [4.69, 9.17) is 14.9 Å². The number of rotatable bonds is 5. The second kappa shape index (κ2) is 6.13. The van der Waals surface area contributed by atoms with Gasteiger partial charge in [-0.3, -0.25) is 0 Å². The third-order valence-electron chi connectivity index (χ3n) is 2.75. The highest BCUT2D eigenvalue weighted by molar-refractivity contribution is 5.39. The fraction of sp³-hybridized carbons (Fsp3) is 0.385. The molecule has 0 fully saturated rings. The molecule has 0 aliphatic heterocycles. The minimum Gasteiger partial charge on any atom is -0.483 e. The zero-order valence-electron chi connectivity index (χ0n) is 11.3. The van der Waals surface area contributed by atoms with Crippen molar-refractivity contribution in [3.8, 4) is 5.75 Å². The number of hydrogen-bond acceptors (Lipinski definition) is 5. The summed E-state index contributed by atoms with van der Waals surface area (Å²) in [6.07, 6.45) is -3.98. The third-order valence-corrected chi connectivity index (χ3v) is 2.75. The van der Waals surface area contributed by atoms with Crippen LogP contribution in [0.4, 0.5) is 13.2 Å². The van der Waals surface area contributed by atoms with E-state index < -0.39 is 11.7 Å². The van der Waals surface area contributed by atoms with E-state index in [1.54, 1.807) is 0 Å². The molecule has 0 unspecified atom stereocenters. The number of aromatic nitrogens is 2. The second-order valence-corrected chi connectivity index (χ2v) is 4.26. The fourth-order valence-electron chi connectivity index (χ4n) is 1.68. The number of aryl methyl sites for hydroxylation is 1. The Kier molecular flexibility index (Phi) is 4.46. The number of nitrogens with two attached hydrogens (primary N) is 1. The number of hydrogen-bond donors (Lipinski definition) is 1. The van der Waals surface area contributed by atoms with Crippen molar-refractivity contribution < 1.29 is 22.3 Å². The number of alkyl halides is 3. The lowest BCUT2D eigenvalue weighted by atomic mass is 10.1. The normalized spacial score (nSPS) is 11.7. The molecule has 0 aliphatic carbocycles. The maximum atomic E-state index is 13.0. The summed E-state index contributed by atoms with van der Waals surface area (Å²) in [7, 11) is 0. The molecule has 1 heterocycles. The summed E-state index contributed by atoms with van der Waals surface area (Å²) >= 11 is 0. The molecule has 2 rings (SSSR count). The van der Waals surface area contributed by atoms with Crippen molar-refractivity contribution >= 4 is 0 Å². The van der Waals surface area contributed by atoms with Crippen molar-refractivity contribution in [3.05, 3.63) is 41.1 Å². The Morgan fingerprint density at radius 3 is 2.52 bits per heavy atom. The Balaban J connectivity index is 2.19. The topological polar surface area (TPSA) is 74.2 Å². The molecule has 21 heavy (non-hydrogen) atoms. The average Bonchev–Trinajstić information content (AvgIpc) is 2.92. The van der Waals surface area contributed by atoms with Crippen LogP contribution in [-0.4, -0.2) is 10.2 Å². The molecule has 0 radical (unpaired) electrons. The van der Waals surface area contributed by atoms with Gasteiger partial charge in [-0.15, -0.1) is 10.2 Å². The zero-order valence-corrected chi connectivity index (χ0v) is 11.3. The van der Waals surface area contributed by atoms with Gasteiger partial charge in [-0.25, -0.2) is 0 Å². The minimum atomic E-state index is -4.52. The third kappa shape index (κ3) is 3.72. The quantitative estimate of drug-likeness (QED) is 0.919. The van der Waals surface area contributed by atoms with E-state index >= 15 is 0 Å². The molecule has 0 spiro atoms. The Morgan fingerprint density at radius 1 is 1.24 bits per heavy atom. The van der Waals surface area contributed by atoms with Crippen LogP contribution in [-0.2, 0) is 25.7 Å². The summed E-state index contributed by atoms with van der Waals surface area (Å²) in [5.41, 5.74) is 4.86. The Hall–Kier alpha value is -2.09. The standard InChI is InChI=1S/C13H14F3N3O2/c1-2-11-18-19-12(21-11)7-20-10-4-3-8(6-17)5-9(10)13(14,15)16/h3-5H,2,6-7,17H2,1H3. The summed E-state index contributed by atoms with van der Waals surface area (Å²) in [4.78, 5) is 0. The van der Waals surface area contributed by atoms with Gasteiger partial charge in [0.05, 0.1) is 5.56 Å². The molecule has 8 heteroatoms. The van der Waals surface area contributed by atoms with E-state index in [0.29, 0.717) is 17.9 Å². The molecule has 1 aromatic carbocycles. The van der Waals surface area contributed by atoms with Crippen molar-refractivity contribution in [2.75, 3.05) is 0 Å². The van der Waals surface area contributed by atoms with Crippen LogP contribution in [0.1, 0.15) is 29.8 Å². The molecule has 0 bridgehead atoms. The molecule has 0 atom stereocenters. The fourth-order valence-corrected chi connectivity index (χ4v) is 1.68. The van der Waals surface area contributed by atoms with Crippen LogP contribution >= 0.6 is 0 Å². The van der Waals surface area contributed by atoms with E-state index in [0.717, 1.165) is 6.07 Å². The summed E-state index contributed by atoms with van der Waals surface area (Å²) in [6, 6.07) is 3.69. The molecule has 5 nitrogen and oxygen atoms in total. The number of nitrogens with zero attached hydrogens (tertiary/aromatic N) is 2. The van der Waals surface area contributed by atoms with Gasteiger partial charge in [-0.1, -0.05) is 13.0 Å². The van der Waals surface area contributed by atoms with Gasteiger partial charge >= 0.3 is 6.18 Å². The highest BCUT2D eigenvalue weighted by atomic mass is 19.4. The average molecular weight is 301 g/mol. The smallest absolute Gasteiger partial charge is 0.419 e. The van der Waals surface area contributed by atoms with Crippen LogP contribution in [0.2, 0.25) is 0 Å². The highest BCUT2D eigenvalue weighted by Gasteiger charge is 2.34. The maximum Gasteiger partial charge on any atom is 0.419 e. The first-order valence-corrected chi connectivity index (χ1v) is 6.28. The van der Waals surface area contributed by atoms with Gasteiger partial charge in [-0.05, 0) is 17.7 Å². The van der Waals surface area contributed by atoms with Gasteiger partial charge in [0.1, 0.15) is 5.75 Å². The predicted octanol–water partition coefficient (Wildman–Crippen LogP) is 2.69. The van der Waals surface area contributed by atoms with Crippen LogP contribution in [0, 0.1) is 0 Å². The van der Waals surface area contributed by atoms with E-state index in [2.05, 4.69) is 10.2 Å². The molecular weight excluding hydrogens is 287 g/mol. The van der Waals surface area contributed by atoms with E-state index in [1.807, 2.05) is 6.92 Å². The minimum absolute atomic E-state index is 0.0207. The molecule has 0 saturated carbocycles. The van der Waals surface area contributed by atoms with Gasteiger partial charge in [-0.2, -0.15) is 13.2 Å². The van der Waals surface area contributed by atoms with E-state index in [9.17, 15) is 13.2 Å². The lowest BCUT2D eigenvalue weighted by molar-refractivity contribution is -0.139. The number of benzene rings is 1. The molecule has 114 valence electrons. The Morgan fingerprint density at radius 2 is 1.95 bits per heavy atom. The van der Waals surface area contributed by atoms with Crippen molar-refractivity contribution in [2.24, 2.45) is 5.73 Å². The predicted molar refractivity (Wildman–Crippen MR) is 67.3 cm³/mol. The number of halogens is 3. The largest absolute Gasteiger partial charge is 0.483 e. The first-order chi connectivity index (χ1) is 9.94. The first-order valence-electron chi connectivity index (χ1n) is 6.28. The van der Waals surface area contributed by atoms with Crippen LogP contribution in [0.5, 0.6) is 5.75 Å². The van der Waals surface area contributed by atoms with Gasteiger partial charge in [0, 0.05) is 13.0 Å². The monoisotopic (exact) mass is 301 g/mol. The van der Waals surface area contributed by atoms with Crippen molar-refractivity contribution in [1.29, 1.82) is 0 Å². The molecule has 0 aliphatic rings. The van der Waals surface area contributed by atoms with E-state index in [-0.39, 0.29) is 24.8 Å². The van der Waals surface area contributed by atoms with Crippen molar-refractivity contribution in [1.82, 2.24) is 10.2 Å². The van der Waals surface area contributed by atoms with E-state index in [1.165, 1.54) is 12.1 Å². The van der Waals surface area contributed by atoms with Crippen LogP contribution < -0.4 is 10.5 Å². The highest BCUT2D eigenvalue weighted by Crippen LogP contribution is 2.37. The van der Waals surface area contributed by atoms with Crippen LogP contribution in [0.15, 0.2) is 22.6 Å². The molecule has 2 N–H and O–H groups in total. The van der Waals surface area contributed by atoms with Crippen molar-refractivity contribution in [2.45, 2.75) is 32.7 Å². The Bertz CT molecular complexity index is 611. The lowest BCUT2D eigenvalue weighted by Crippen LogP contribution is -2.10. The van der Waals surface area contributed by atoms with Gasteiger partial charge in [0.25, 0.3) is 5.89 Å². The molecule has 0 saturated heterocycles. The Labute approximate surface area is 118 Å². The van der Waals surface area contributed by atoms with Gasteiger partial charge in [0.2, 0.25) is 5.89 Å². The molecular formula is C13H14F3N3O2. The van der Waals surface area contributed by atoms with Crippen molar-refractivity contribution in [3.63, 3.8) is 0 Å². The maximum absolute atomic E-state index is 13.0. The zero-order chi connectivity index (χ0) is 15.5. The van der Waals surface area contributed by atoms with Gasteiger partial charge < -0.3 is 14.9 Å².